The summed E-state index contributed by atoms with van der Waals surface area (Å²) in [5, 5.41) is 3.76. The van der Waals surface area contributed by atoms with E-state index >= 15 is 0 Å². The molecule has 114 valence electrons. The Morgan fingerprint density at radius 2 is 2.10 bits per heavy atom. The molecule has 2 rings (SSSR count). The van der Waals surface area contributed by atoms with Gasteiger partial charge in [0.1, 0.15) is 11.6 Å². The summed E-state index contributed by atoms with van der Waals surface area (Å²) in [5.74, 6) is -2.06. The van der Waals surface area contributed by atoms with Crippen LogP contribution in [0.15, 0.2) is 23.4 Å². The van der Waals surface area contributed by atoms with Crippen LogP contribution in [0.1, 0.15) is 18.9 Å². The molecule has 1 heterocycles. The lowest BCUT2D eigenvalue weighted by atomic mass is 9.89. The van der Waals surface area contributed by atoms with Gasteiger partial charge in [-0.15, -0.1) is 0 Å². The van der Waals surface area contributed by atoms with Crippen molar-refractivity contribution in [3.63, 3.8) is 0 Å². The van der Waals surface area contributed by atoms with Crippen molar-refractivity contribution >= 4 is 11.7 Å². The van der Waals surface area contributed by atoms with Gasteiger partial charge < -0.3 is 15.3 Å². The maximum Gasteiger partial charge on any atom is 0.354 e. The largest absolute Gasteiger partial charge is 0.463 e. The van der Waals surface area contributed by atoms with E-state index in [9.17, 15) is 13.6 Å². The Kier molecular flexibility index (Phi) is 4.52. The Morgan fingerprint density at radius 3 is 2.62 bits per heavy atom. The molecule has 1 aliphatic heterocycles. The minimum atomic E-state index is -1.41. The number of carbonyl (C=O) groups excluding carboxylic acids is 1. The summed E-state index contributed by atoms with van der Waals surface area (Å²) < 4.78 is 31.5. The molecule has 1 atom stereocenters. The van der Waals surface area contributed by atoms with Crippen LogP contribution in [-0.4, -0.2) is 30.4 Å². The first-order valence-electron chi connectivity index (χ1n) is 6.55. The summed E-state index contributed by atoms with van der Waals surface area (Å²) in [6.45, 7) is 1.96. The average molecular weight is 298 g/mol. The molecule has 0 aromatic heterocycles. The third-order valence-electron chi connectivity index (χ3n) is 3.13. The zero-order chi connectivity index (χ0) is 15.5. The van der Waals surface area contributed by atoms with Crippen LogP contribution >= 0.6 is 0 Å². The molecule has 0 radical (unpaired) electrons. The number of ether oxygens (including phenoxy) is 1. The molecule has 1 aliphatic rings. The minimum absolute atomic E-state index is 0.0481. The maximum atomic E-state index is 13.3. The maximum absolute atomic E-state index is 13.3. The molecule has 0 bridgehead atoms. The van der Waals surface area contributed by atoms with E-state index < -0.39 is 23.2 Å². The van der Waals surface area contributed by atoms with Crippen LogP contribution in [0.25, 0.3) is 0 Å². The van der Waals surface area contributed by atoms with E-state index in [1.54, 1.807) is 6.92 Å². The Labute approximate surface area is 120 Å². The van der Waals surface area contributed by atoms with Gasteiger partial charge in [0.05, 0.1) is 12.3 Å². The average Bonchev–Trinajstić information content (AvgIpc) is 2.82. The third-order valence-corrected chi connectivity index (χ3v) is 3.13. The standard InChI is InChI=1S/C14H16F2N2O3/c1-2-20-13(19)14(7-12(8-17)18-21-14)6-9-3-10(15)5-11(16)4-9/h3-5H,2,6-8,17H2,1H3. The Bertz CT molecular complexity index is 557. The lowest BCUT2D eigenvalue weighted by molar-refractivity contribution is -0.168. The van der Waals surface area contributed by atoms with E-state index in [1.807, 2.05) is 0 Å². The SMILES string of the molecule is CCOC(=O)C1(Cc2cc(F)cc(F)c2)CC(CN)=NO1. The number of nitrogens with zero attached hydrogens (tertiary/aromatic N) is 1. The Morgan fingerprint density at radius 1 is 1.43 bits per heavy atom. The van der Waals surface area contributed by atoms with E-state index in [-0.39, 0.29) is 31.6 Å². The van der Waals surface area contributed by atoms with Gasteiger partial charge in [-0.05, 0) is 24.6 Å². The fraction of sp³-hybridized carbons (Fsp3) is 0.429. The smallest absolute Gasteiger partial charge is 0.354 e. The quantitative estimate of drug-likeness (QED) is 0.837. The highest BCUT2D eigenvalue weighted by molar-refractivity contribution is 5.94. The number of nitrogens with two attached hydrogens (primary N) is 1. The van der Waals surface area contributed by atoms with Gasteiger partial charge >= 0.3 is 5.97 Å². The van der Waals surface area contributed by atoms with Crippen LogP contribution in [0.5, 0.6) is 0 Å². The van der Waals surface area contributed by atoms with Gasteiger partial charge in [-0.1, -0.05) is 5.16 Å². The zero-order valence-corrected chi connectivity index (χ0v) is 11.6. The van der Waals surface area contributed by atoms with E-state index in [0.29, 0.717) is 5.71 Å². The van der Waals surface area contributed by atoms with Crippen molar-refractivity contribution < 1.29 is 23.1 Å². The second kappa shape index (κ2) is 6.17. The monoisotopic (exact) mass is 298 g/mol. The highest BCUT2D eigenvalue weighted by Gasteiger charge is 2.47. The van der Waals surface area contributed by atoms with Crippen molar-refractivity contribution in [1.82, 2.24) is 0 Å². The molecule has 5 nitrogen and oxygen atoms in total. The Balaban J connectivity index is 2.27. The molecule has 0 aliphatic carbocycles. The van der Waals surface area contributed by atoms with E-state index in [0.717, 1.165) is 18.2 Å². The molecule has 2 N–H and O–H groups in total. The van der Waals surface area contributed by atoms with E-state index in [4.69, 9.17) is 15.3 Å². The molecule has 0 spiro atoms. The number of oxime groups is 1. The summed E-state index contributed by atoms with van der Waals surface area (Å²) in [5.41, 5.74) is 4.86. The van der Waals surface area contributed by atoms with Crippen molar-refractivity contribution in [3.05, 3.63) is 35.4 Å². The van der Waals surface area contributed by atoms with E-state index in [2.05, 4.69) is 5.16 Å². The fourth-order valence-electron chi connectivity index (χ4n) is 2.24. The number of benzene rings is 1. The third kappa shape index (κ3) is 3.36. The molecule has 0 amide bonds. The first-order valence-corrected chi connectivity index (χ1v) is 6.55. The van der Waals surface area contributed by atoms with Gasteiger partial charge in [-0.25, -0.2) is 13.6 Å². The van der Waals surface area contributed by atoms with Crippen molar-refractivity contribution in [3.8, 4) is 0 Å². The topological polar surface area (TPSA) is 73.9 Å². The van der Waals surface area contributed by atoms with Gasteiger partial charge in [0.25, 0.3) is 0 Å². The second-order valence-electron chi connectivity index (χ2n) is 4.80. The van der Waals surface area contributed by atoms with Gasteiger partial charge in [0.15, 0.2) is 0 Å². The van der Waals surface area contributed by atoms with Crippen LogP contribution in [0.2, 0.25) is 0 Å². The van der Waals surface area contributed by atoms with Crippen LogP contribution in [-0.2, 0) is 20.8 Å². The molecule has 1 aromatic rings. The van der Waals surface area contributed by atoms with Crippen LogP contribution in [0.4, 0.5) is 8.78 Å². The second-order valence-corrected chi connectivity index (χ2v) is 4.80. The van der Waals surface area contributed by atoms with Gasteiger partial charge in [0, 0.05) is 25.5 Å². The van der Waals surface area contributed by atoms with Crippen molar-refractivity contribution in [2.24, 2.45) is 10.9 Å². The van der Waals surface area contributed by atoms with E-state index in [1.165, 1.54) is 0 Å². The Hall–Kier alpha value is -2.02. The molecule has 21 heavy (non-hydrogen) atoms. The van der Waals surface area contributed by atoms with Gasteiger partial charge in [-0.2, -0.15) is 0 Å². The highest BCUT2D eigenvalue weighted by atomic mass is 19.1. The lowest BCUT2D eigenvalue weighted by Crippen LogP contribution is -2.43. The molecule has 1 unspecified atom stereocenters. The minimum Gasteiger partial charge on any atom is -0.463 e. The van der Waals surface area contributed by atoms with Crippen molar-refractivity contribution in [1.29, 1.82) is 0 Å². The fourth-order valence-corrected chi connectivity index (χ4v) is 2.24. The number of esters is 1. The zero-order valence-electron chi connectivity index (χ0n) is 11.6. The molecular weight excluding hydrogens is 282 g/mol. The van der Waals surface area contributed by atoms with Crippen LogP contribution < -0.4 is 5.73 Å². The van der Waals surface area contributed by atoms with Gasteiger partial charge in [0.2, 0.25) is 5.60 Å². The van der Waals surface area contributed by atoms with Crippen molar-refractivity contribution in [2.45, 2.75) is 25.4 Å². The van der Waals surface area contributed by atoms with Crippen molar-refractivity contribution in [2.75, 3.05) is 13.2 Å². The predicted octanol–water partition coefficient (Wildman–Crippen LogP) is 1.54. The van der Waals surface area contributed by atoms with Crippen LogP contribution in [0.3, 0.4) is 0 Å². The van der Waals surface area contributed by atoms with Gasteiger partial charge in [-0.3, -0.25) is 0 Å². The number of hydrogen-bond donors (Lipinski definition) is 1. The lowest BCUT2D eigenvalue weighted by Gasteiger charge is -2.24. The number of carbonyl (C=O) groups is 1. The highest BCUT2D eigenvalue weighted by Crippen LogP contribution is 2.30. The molecule has 0 fully saturated rings. The molecular formula is C14H16F2N2O3. The predicted molar refractivity (Wildman–Crippen MR) is 71.6 cm³/mol. The summed E-state index contributed by atoms with van der Waals surface area (Å²) in [6, 6.07) is 3.06. The van der Waals surface area contributed by atoms with Crippen LogP contribution in [0, 0.1) is 11.6 Å². The summed E-state index contributed by atoms with van der Waals surface area (Å²) in [4.78, 5) is 17.4. The molecule has 0 saturated heterocycles. The summed E-state index contributed by atoms with van der Waals surface area (Å²) >= 11 is 0. The molecule has 1 aromatic carbocycles. The first-order chi connectivity index (χ1) is 9.99. The number of rotatable bonds is 5. The summed E-state index contributed by atoms with van der Waals surface area (Å²) in [6.07, 6.45) is 0.0912. The normalized spacial score (nSPS) is 20.9. The first kappa shape index (κ1) is 15.4. The molecule has 0 saturated carbocycles. The summed E-state index contributed by atoms with van der Waals surface area (Å²) in [7, 11) is 0. The number of hydrogen-bond acceptors (Lipinski definition) is 5. The molecule has 7 heteroatoms. The number of halogens is 2.